The topological polar surface area (TPSA) is 415 Å². The number of ether oxygens (including phenoxy) is 8. The summed E-state index contributed by atoms with van der Waals surface area (Å²) in [5.74, 6) is 2.73. The summed E-state index contributed by atoms with van der Waals surface area (Å²) in [5.41, 5.74) is 7.82. The van der Waals surface area contributed by atoms with Crippen LogP contribution in [-0.4, -0.2) is 228 Å². The van der Waals surface area contributed by atoms with Crippen molar-refractivity contribution in [3.63, 3.8) is 0 Å². The molecule has 0 aliphatic carbocycles. The molecule has 2 N–H and O–H groups in total. The summed E-state index contributed by atoms with van der Waals surface area (Å²) in [6.07, 6.45) is 10.0. The Morgan fingerprint density at radius 3 is 0.438 bits per heavy atom. The van der Waals surface area contributed by atoms with Gasteiger partial charge in [-0.1, -0.05) is 0 Å². The highest BCUT2D eigenvalue weighted by Gasteiger charge is 2.33. The summed E-state index contributed by atoms with van der Waals surface area (Å²) in [6.45, 7) is 31.1. The van der Waals surface area contributed by atoms with Crippen molar-refractivity contribution >= 4 is 107 Å². The number of rotatable bonds is 76. The van der Waals surface area contributed by atoms with Crippen LogP contribution < -0.4 is 37.9 Å². The van der Waals surface area contributed by atoms with E-state index >= 15 is 0 Å². The molecule has 144 heavy (non-hydrogen) atoms. The van der Waals surface area contributed by atoms with Crippen molar-refractivity contribution in [1.29, 1.82) is 0 Å². The average Bonchev–Trinajstić information content (AvgIpc) is 1.60. The lowest BCUT2D eigenvalue weighted by Crippen LogP contribution is -2.06. The van der Waals surface area contributed by atoms with E-state index in [4.69, 9.17) is 120 Å². The first-order chi connectivity index (χ1) is 69.4. The van der Waals surface area contributed by atoms with E-state index in [0.29, 0.717) is 135 Å². The highest BCUT2D eigenvalue weighted by Crippen LogP contribution is 2.56. The van der Waals surface area contributed by atoms with Gasteiger partial charge in [-0.25, -0.2) is 9.97 Å². The predicted octanol–water partition coefficient (Wildman–Crippen LogP) is 27.6. The van der Waals surface area contributed by atoms with E-state index in [0.717, 1.165) is 0 Å². The zero-order valence-electron chi connectivity index (χ0n) is 86.4. The molecule has 0 saturated heterocycles. The molecule has 0 amide bonds. The number of aromatic nitrogens is 4. The number of fused-ring (bicyclic) bond motifs is 8. The van der Waals surface area contributed by atoms with Crippen LogP contribution in [0, 0.1) is 0 Å². The van der Waals surface area contributed by atoms with Gasteiger partial charge in [-0.3, -0.25) is 36.5 Å². The second kappa shape index (κ2) is 61.4. The van der Waals surface area contributed by atoms with E-state index in [1.165, 1.54) is 0 Å². The van der Waals surface area contributed by atoms with Gasteiger partial charge in [0.2, 0.25) is 0 Å². The van der Waals surface area contributed by atoms with E-state index in [1.807, 2.05) is 97.1 Å². The Morgan fingerprint density at radius 2 is 0.319 bits per heavy atom. The average molecular weight is 2170 g/mol. The van der Waals surface area contributed by atoms with Crippen molar-refractivity contribution in [3.05, 3.63) is 120 Å². The van der Waals surface area contributed by atoms with Crippen molar-refractivity contribution < 1.29 is 147 Å². The number of benzene rings is 4. The fraction of sp³-hybridized carbons (Fsp3) is 0.560. The third kappa shape index (κ3) is 37.9. The molecule has 0 radical (unpaired) electrons. The molecule has 5 heterocycles. The molecular weight excluding hydrogens is 2020 g/mol. The lowest BCUT2D eigenvalue weighted by molar-refractivity contribution is 0.215. The molecule has 4 aromatic carbocycles. The molecule has 0 fully saturated rings. The standard InChI is InChI=1S/C100H150N4O32P8/c1-17-121-137(105,122-18-2)57-33-49-113-81-65-77(66-82(73-81)114-50-34-58-138(106,123-19-3)124-20-4)97-89-41-43-91(101-89)98(78-67-83(115-51-35-59-139(107,125-21-5)126-22-6)74-84(68-78)116-52-36-60-140(108,127-23-7)128-24-8)93-45-47-95(103-93)100(80-71-87(119-55-39-63-143(111,133-29-13)134-30-14)76-88(72-80)120-56-40-64-144(112,135-31-15)136-32-16)96-48-46-94(104-96)99(92-44-42-90(97)102-92)79-69-85(117-53-37-61-141(109,129-25-9)130-26-10)75-86(70-79)118-54-38-62-142(110,131-27-11)132-28-12/h41-48,65-76,101,104H,17-40,49-64H2,1-16H3. The largest absolute Gasteiger partial charge is 0.493 e. The number of H-pyrrole nitrogens is 2. The molecule has 2 aliphatic heterocycles. The van der Waals surface area contributed by atoms with Gasteiger partial charge >= 0.3 is 60.8 Å². The predicted molar refractivity (Wildman–Crippen MR) is 567 cm³/mol. The highest BCUT2D eigenvalue weighted by atomic mass is 31.2. The second-order valence-corrected chi connectivity index (χ2v) is 49.7. The fourth-order valence-corrected chi connectivity index (χ4v) is 29.1. The molecule has 2 aliphatic rings. The Hall–Kier alpha value is -6.92. The first-order valence-electron chi connectivity index (χ1n) is 50.3. The normalized spacial score (nSPS) is 12.8. The maximum absolute atomic E-state index is 14.0. The zero-order chi connectivity index (χ0) is 104. The molecule has 0 unspecified atom stereocenters. The lowest BCUT2D eigenvalue weighted by atomic mass is 10.0. The molecule has 0 spiro atoms. The smallest absolute Gasteiger partial charge is 0.330 e. The Kier molecular flexibility index (Phi) is 51.4. The molecule has 3 aromatic heterocycles. The molecule has 9 rings (SSSR count). The van der Waals surface area contributed by atoms with Gasteiger partial charge < -0.3 is 120 Å². The van der Waals surface area contributed by atoms with Gasteiger partial charge in [0.25, 0.3) is 0 Å². The van der Waals surface area contributed by atoms with Gasteiger partial charge in [0.05, 0.1) is 231 Å². The van der Waals surface area contributed by atoms with Gasteiger partial charge in [0.15, 0.2) is 0 Å². The summed E-state index contributed by atoms with van der Waals surface area (Å²) in [7, 11) is -28.2. The van der Waals surface area contributed by atoms with Crippen molar-refractivity contribution in [2.24, 2.45) is 0 Å². The lowest BCUT2D eigenvalue weighted by Gasteiger charge is -2.18. The minimum atomic E-state index is -3.53. The quantitative estimate of drug-likeness (QED) is 0.0264. The van der Waals surface area contributed by atoms with Crippen molar-refractivity contribution in [3.8, 4) is 90.5 Å². The Labute approximate surface area is 849 Å². The summed E-state index contributed by atoms with van der Waals surface area (Å²) in [5, 5.41) is 0. The summed E-state index contributed by atoms with van der Waals surface area (Å²) in [4.78, 5) is 19.2. The van der Waals surface area contributed by atoms with Crippen LogP contribution in [0.15, 0.2) is 97.1 Å². The van der Waals surface area contributed by atoms with Crippen LogP contribution in [0.4, 0.5) is 0 Å². The molecule has 7 aromatic rings. The maximum atomic E-state index is 14.0. The van der Waals surface area contributed by atoms with Crippen LogP contribution in [0.5, 0.6) is 46.0 Å². The first kappa shape index (κ1) is 121. The van der Waals surface area contributed by atoms with Gasteiger partial charge in [-0.2, -0.15) is 0 Å². The maximum Gasteiger partial charge on any atom is 0.330 e. The van der Waals surface area contributed by atoms with E-state index in [2.05, 4.69) is 9.97 Å². The van der Waals surface area contributed by atoms with Crippen LogP contribution in [-0.2, 0) is 109 Å². The summed E-state index contributed by atoms with van der Waals surface area (Å²) < 4.78 is 257. The van der Waals surface area contributed by atoms with Crippen LogP contribution in [0.2, 0.25) is 0 Å². The second-order valence-electron chi connectivity index (χ2n) is 32.3. The monoisotopic (exact) mass is 2170 g/mol. The molecule has 0 saturated carbocycles. The fourth-order valence-electron chi connectivity index (χ4n) is 16.0. The third-order valence-electron chi connectivity index (χ3n) is 21.4. The van der Waals surface area contributed by atoms with Gasteiger partial charge in [0.1, 0.15) is 46.0 Å². The van der Waals surface area contributed by atoms with Crippen molar-refractivity contribution in [1.82, 2.24) is 19.9 Å². The van der Waals surface area contributed by atoms with E-state index in [9.17, 15) is 36.5 Å². The molecule has 8 bridgehead atoms. The molecule has 36 nitrogen and oxygen atoms in total. The van der Waals surface area contributed by atoms with Gasteiger partial charge in [0, 0.05) is 68.6 Å². The summed E-state index contributed by atoms with van der Waals surface area (Å²) >= 11 is 0. The Balaban J connectivity index is 1.44. The molecule has 44 heteroatoms. The minimum Gasteiger partial charge on any atom is -0.493 e. The van der Waals surface area contributed by atoms with Crippen LogP contribution >= 0.6 is 60.8 Å². The third-order valence-corrected chi connectivity index (χ3v) is 38.7. The SMILES string of the molecule is CCOP(=O)(CCCOc1cc(OCCCP(=O)(OCC)OCC)cc(-c2c3nc(c(-c4cc(OCCCP(=O)(OCC)OCC)cc(OCCCP(=O)(OCC)OCC)c4)c4ccc([nH]4)c(-c4cc(OCCCP(=O)(OCC)OCC)cc(OCCCP(=O)(OCC)OCC)c4)c4nc(c(-c5cc(OCCCP(=O)(OCC)OCC)cc(OCCCP(=O)(OCC)OCC)c5)c5ccc2[nH]5)C=C4)C=C3)c1)OCC. The molecular formula is C100H150N4O32P8. The first-order valence-corrected chi connectivity index (χ1v) is 64.1. The number of hydrogen-bond donors (Lipinski definition) is 2. The zero-order valence-corrected chi connectivity index (χ0v) is 93.5. The van der Waals surface area contributed by atoms with Crippen LogP contribution in [0.1, 0.15) is 185 Å². The highest BCUT2D eigenvalue weighted by molar-refractivity contribution is 7.55. The minimum absolute atomic E-state index is 0.0518. The Morgan fingerprint density at radius 1 is 0.194 bits per heavy atom. The Bertz CT molecular complexity index is 4860. The van der Waals surface area contributed by atoms with Gasteiger partial charge in [-0.15, -0.1) is 0 Å². The van der Waals surface area contributed by atoms with E-state index in [1.54, 1.807) is 135 Å². The molecule has 802 valence electrons. The van der Waals surface area contributed by atoms with Crippen molar-refractivity contribution in [2.75, 3.05) is 208 Å². The number of hydrogen-bond acceptors (Lipinski definition) is 34. The summed E-state index contributed by atoms with van der Waals surface area (Å²) in [6, 6.07) is 29.5. The van der Waals surface area contributed by atoms with Crippen LogP contribution in [0.3, 0.4) is 0 Å². The van der Waals surface area contributed by atoms with Crippen LogP contribution in [0.25, 0.3) is 90.9 Å². The molecule has 0 atom stereocenters. The van der Waals surface area contributed by atoms with E-state index < -0.39 is 60.8 Å². The number of nitrogens with zero attached hydrogens (tertiary/aromatic N) is 2. The van der Waals surface area contributed by atoms with E-state index in [-0.39, 0.29) is 259 Å². The van der Waals surface area contributed by atoms with Gasteiger partial charge in [-0.05, 0) is 282 Å². The number of aromatic amines is 2. The van der Waals surface area contributed by atoms with Crippen molar-refractivity contribution in [2.45, 2.75) is 162 Å². The number of nitrogens with one attached hydrogen (secondary N) is 2.